The number of benzene rings is 2. The number of halogens is 2. The molecule has 1 saturated heterocycles. The van der Waals surface area contributed by atoms with Gasteiger partial charge in [-0.05, 0) is 37.1 Å². The summed E-state index contributed by atoms with van der Waals surface area (Å²) in [5.74, 6) is -1.53. The number of fused-ring (bicyclic) bond motifs is 1. The molecule has 1 aliphatic rings. The molecule has 8 heteroatoms. The first-order chi connectivity index (χ1) is 13.5. The van der Waals surface area contributed by atoms with Crippen molar-refractivity contribution < 1.29 is 13.6 Å². The largest absolute Gasteiger partial charge is 0.324 e. The molecule has 0 atom stereocenters. The number of carbonyl (C=O) groups is 1. The molecule has 144 valence electrons. The lowest BCUT2D eigenvalue weighted by Crippen LogP contribution is -2.43. The molecule has 2 aromatic carbocycles. The number of anilines is 1. The van der Waals surface area contributed by atoms with Gasteiger partial charge in [-0.15, -0.1) is 0 Å². The van der Waals surface area contributed by atoms with Crippen LogP contribution in [-0.4, -0.2) is 33.6 Å². The molecule has 28 heavy (non-hydrogen) atoms. The number of likely N-dealkylation sites (tertiary alicyclic amines) is 1. The van der Waals surface area contributed by atoms with Crippen LogP contribution >= 0.6 is 0 Å². The molecule has 1 fully saturated rings. The van der Waals surface area contributed by atoms with Crippen LogP contribution in [0, 0.1) is 11.6 Å². The van der Waals surface area contributed by atoms with E-state index in [1.54, 1.807) is 34.0 Å². The minimum Gasteiger partial charge on any atom is -0.324 e. The Balaban J connectivity index is 1.44. The van der Waals surface area contributed by atoms with E-state index in [0.717, 1.165) is 12.1 Å². The summed E-state index contributed by atoms with van der Waals surface area (Å²) in [4.78, 5) is 31.0. The summed E-state index contributed by atoms with van der Waals surface area (Å²) in [6.07, 6.45) is 2.72. The summed E-state index contributed by atoms with van der Waals surface area (Å²) in [5, 5.41) is 3.03. The molecule has 0 radical (unpaired) electrons. The number of piperidine rings is 1. The fourth-order valence-corrected chi connectivity index (χ4v) is 3.48. The molecule has 2 heterocycles. The average molecular weight is 384 g/mol. The van der Waals surface area contributed by atoms with Crippen LogP contribution in [0.1, 0.15) is 18.9 Å². The maximum Gasteiger partial charge on any atom is 0.321 e. The monoisotopic (exact) mass is 384 g/mol. The van der Waals surface area contributed by atoms with E-state index in [1.165, 1.54) is 6.07 Å². The fourth-order valence-electron chi connectivity index (χ4n) is 3.48. The van der Waals surface area contributed by atoms with Crippen LogP contribution in [0.2, 0.25) is 0 Å². The number of hydrogen-bond acceptors (Lipinski definition) is 3. The van der Waals surface area contributed by atoms with Crippen molar-refractivity contribution in [1.82, 2.24) is 14.5 Å². The molecule has 1 aromatic heterocycles. The Morgan fingerprint density at radius 3 is 2.61 bits per heavy atom. The second-order valence-corrected chi connectivity index (χ2v) is 6.75. The first-order valence-electron chi connectivity index (χ1n) is 9.00. The van der Waals surface area contributed by atoms with Gasteiger partial charge in [-0.2, -0.15) is 0 Å². The molecule has 0 aliphatic carbocycles. The van der Waals surface area contributed by atoms with Crippen molar-refractivity contribution in [2.24, 2.45) is 0 Å². The second kappa shape index (κ2) is 7.38. The molecule has 3 aromatic rings. The fraction of sp³-hybridized carbons (Fsp3) is 0.250. The first kappa shape index (κ1) is 18.1. The zero-order valence-corrected chi connectivity index (χ0v) is 14.9. The molecule has 0 spiro atoms. The van der Waals surface area contributed by atoms with Gasteiger partial charge in [0.05, 0.1) is 22.9 Å². The molecule has 1 aliphatic heterocycles. The van der Waals surface area contributed by atoms with E-state index in [9.17, 15) is 18.4 Å². The number of nitrogens with zero attached hydrogens (tertiary/aromatic N) is 3. The second-order valence-electron chi connectivity index (χ2n) is 6.75. The zero-order valence-electron chi connectivity index (χ0n) is 14.9. The summed E-state index contributed by atoms with van der Waals surface area (Å²) in [7, 11) is 0. The highest BCUT2D eigenvalue weighted by molar-refractivity contribution is 5.89. The number of urea groups is 1. The number of amides is 2. The summed E-state index contributed by atoms with van der Waals surface area (Å²) in [5.41, 5.74) is 0.493. The van der Waals surface area contributed by atoms with Gasteiger partial charge in [0.2, 0.25) is 0 Å². The highest BCUT2D eigenvalue weighted by Crippen LogP contribution is 2.23. The highest BCUT2D eigenvalue weighted by atomic mass is 19.1. The third kappa shape index (κ3) is 3.45. The highest BCUT2D eigenvalue weighted by Gasteiger charge is 2.25. The van der Waals surface area contributed by atoms with E-state index in [-0.39, 0.29) is 17.3 Å². The Hall–Kier alpha value is -3.29. The van der Waals surface area contributed by atoms with Crippen LogP contribution in [0.3, 0.4) is 0 Å². The molecule has 4 rings (SSSR count). The number of hydrogen-bond donors (Lipinski definition) is 1. The molecular formula is C20H18F2N4O2. The summed E-state index contributed by atoms with van der Waals surface area (Å²) >= 11 is 0. The average Bonchev–Trinajstić information content (AvgIpc) is 2.71. The summed E-state index contributed by atoms with van der Waals surface area (Å²) in [6.45, 7) is 0.831. The van der Waals surface area contributed by atoms with Crippen molar-refractivity contribution in [3.8, 4) is 0 Å². The van der Waals surface area contributed by atoms with Crippen LogP contribution in [0.25, 0.3) is 10.9 Å². The Morgan fingerprint density at radius 1 is 1.11 bits per heavy atom. The first-order valence-corrected chi connectivity index (χ1v) is 9.00. The molecule has 0 bridgehead atoms. The van der Waals surface area contributed by atoms with Crippen molar-refractivity contribution >= 4 is 22.6 Å². The van der Waals surface area contributed by atoms with Crippen LogP contribution < -0.4 is 10.9 Å². The van der Waals surface area contributed by atoms with E-state index in [1.807, 2.05) is 6.07 Å². The van der Waals surface area contributed by atoms with Gasteiger partial charge < -0.3 is 10.2 Å². The van der Waals surface area contributed by atoms with Gasteiger partial charge in [0.1, 0.15) is 11.6 Å². The topological polar surface area (TPSA) is 67.2 Å². The normalized spacial score (nSPS) is 15.0. The van der Waals surface area contributed by atoms with Crippen LogP contribution in [0.5, 0.6) is 0 Å². The summed E-state index contributed by atoms with van der Waals surface area (Å²) < 4.78 is 28.3. The van der Waals surface area contributed by atoms with Crippen LogP contribution in [-0.2, 0) is 0 Å². The zero-order chi connectivity index (χ0) is 19.7. The lowest BCUT2D eigenvalue weighted by Gasteiger charge is -2.32. The van der Waals surface area contributed by atoms with Crippen molar-refractivity contribution in [3.63, 3.8) is 0 Å². The van der Waals surface area contributed by atoms with Gasteiger partial charge in [-0.25, -0.2) is 18.6 Å². The molecule has 1 N–H and O–H groups in total. The minimum absolute atomic E-state index is 0.0591. The Labute approximate surface area is 159 Å². The standard InChI is InChI=1S/C20H18F2N4O2/c21-13-5-6-18(16(22)11-13)24-20(28)25-9-7-14(8-10-25)26-12-23-17-4-2-1-3-15(17)19(26)27/h1-6,11-12,14H,7-10H2,(H,24,28). The third-order valence-electron chi connectivity index (χ3n) is 5.01. The predicted octanol–water partition coefficient (Wildman–Crippen LogP) is 3.54. The third-order valence-corrected chi connectivity index (χ3v) is 5.01. The van der Waals surface area contributed by atoms with Gasteiger partial charge in [0, 0.05) is 25.2 Å². The van der Waals surface area contributed by atoms with E-state index in [0.29, 0.717) is 36.8 Å². The lowest BCUT2D eigenvalue weighted by molar-refractivity contribution is 0.182. The predicted molar refractivity (Wildman–Crippen MR) is 101 cm³/mol. The molecule has 0 unspecified atom stereocenters. The maximum absolute atomic E-state index is 13.7. The van der Waals surface area contributed by atoms with E-state index < -0.39 is 17.7 Å². The van der Waals surface area contributed by atoms with Crippen molar-refractivity contribution in [3.05, 3.63) is 70.8 Å². The number of nitrogens with one attached hydrogen (secondary N) is 1. The summed E-state index contributed by atoms with van der Waals surface area (Å²) in [6, 6.07) is 9.67. The Kier molecular flexibility index (Phi) is 4.77. The lowest BCUT2D eigenvalue weighted by atomic mass is 10.0. The van der Waals surface area contributed by atoms with Crippen LogP contribution in [0.4, 0.5) is 19.3 Å². The Morgan fingerprint density at radius 2 is 1.86 bits per heavy atom. The quantitative estimate of drug-likeness (QED) is 0.735. The van der Waals surface area contributed by atoms with Crippen molar-refractivity contribution in [2.75, 3.05) is 18.4 Å². The number of para-hydroxylation sites is 1. The number of carbonyl (C=O) groups excluding carboxylic acids is 1. The van der Waals surface area contributed by atoms with E-state index >= 15 is 0 Å². The number of rotatable bonds is 2. The van der Waals surface area contributed by atoms with Gasteiger partial charge in [0.25, 0.3) is 5.56 Å². The van der Waals surface area contributed by atoms with E-state index in [2.05, 4.69) is 10.3 Å². The van der Waals surface area contributed by atoms with Gasteiger partial charge in [-0.1, -0.05) is 12.1 Å². The molecular weight excluding hydrogens is 366 g/mol. The van der Waals surface area contributed by atoms with Crippen molar-refractivity contribution in [2.45, 2.75) is 18.9 Å². The minimum atomic E-state index is -0.822. The van der Waals surface area contributed by atoms with E-state index in [4.69, 9.17) is 0 Å². The molecule has 6 nitrogen and oxygen atoms in total. The smallest absolute Gasteiger partial charge is 0.321 e. The Bertz CT molecular complexity index is 1090. The van der Waals surface area contributed by atoms with Gasteiger partial charge in [-0.3, -0.25) is 9.36 Å². The SMILES string of the molecule is O=C(Nc1ccc(F)cc1F)N1CCC(n2cnc3ccccc3c2=O)CC1. The van der Waals surface area contributed by atoms with Gasteiger partial charge in [0.15, 0.2) is 0 Å². The molecule has 2 amide bonds. The molecule has 0 saturated carbocycles. The van der Waals surface area contributed by atoms with Crippen LogP contribution in [0.15, 0.2) is 53.6 Å². The maximum atomic E-state index is 13.7. The van der Waals surface area contributed by atoms with Gasteiger partial charge >= 0.3 is 6.03 Å². The van der Waals surface area contributed by atoms with Crippen molar-refractivity contribution in [1.29, 1.82) is 0 Å². The number of aromatic nitrogens is 2.